The number of carbonyl (C=O) groups excluding carboxylic acids is 4. The van der Waals surface area contributed by atoms with E-state index in [4.69, 9.17) is 14.3 Å². The van der Waals surface area contributed by atoms with Crippen molar-refractivity contribution in [2.75, 3.05) is 33.9 Å². The molecule has 2 aromatic carbocycles. The van der Waals surface area contributed by atoms with Crippen LogP contribution in [0.15, 0.2) is 54.6 Å². The molecule has 0 radical (unpaired) electrons. The van der Waals surface area contributed by atoms with Crippen LogP contribution in [0.1, 0.15) is 31.4 Å². The van der Waals surface area contributed by atoms with Crippen LogP contribution in [-0.4, -0.2) is 85.0 Å². The molecule has 1 saturated heterocycles. The van der Waals surface area contributed by atoms with Crippen molar-refractivity contribution in [3.8, 4) is 5.75 Å². The van der Waals surface area contributed by atoms with E-state index in [0.717, 1.165) is 16.2 Å². The molecule has 210 valence electrons. The van der Waals surface area contributed by atoms with E-state index in [9.17, 15) is 19.2 Å². The fraction of sp³-hybridized carbons (Fsp3) is 0.448. The molecule has 0 spiro atoms. The van der Waals surface area contributed by atoms with Gasteiger partial charge in [-0.05, 0) is 29.2 Å². The molecule has 1 fully saturated rings. The fourth-order valence-electron chi connectivity index (χ4n) is 4.54. The molecule has 0 bridgehead atoms. The maximum atomic E-state index is 14.1. The summed E-state index contributed by atoms with van der Waals surface area (Å²) >= 11 is 0. The molecule has 10 heteroatoms. The summed E-state index contributed by atoms with van der Waals surface area (Å²) in [4.78, 5) is 60.9. The van der Waals surface area contributed by atoms with E-state index in [1.54, 1.807) is 36.3 Å². The van der Waals surface area contributed by atoms with Crippen molar-refractivity contribution < 1.29 is 33.5 Å². The maximum absolute atomic E-state index is 14.1. The minimum absolute atomic E-state index is 0.0681. The van der Waals surface area contributed by atoms with E-state index in [0.29, 0.717) is 25.2 Å². The van der Waals surface area contributed by atoms with Crippen LogP contribution in [0, 0.1) is 5.92 Å². The van der Waals surface area contributed by atoms with Crippen LogP contribution in [0.2, 0.25) is 0 Å². The molecule has 1 aliphatic rings. The van der Waals surface area contributed by atoms with Crippen LogP contribution in [0.4, 0.5) is 0 Å². The van der Waals surface area contributed by atoms with E-state index >= 15 is 0 Å². The smallest absolute Gasteiger partial charge is 0.308 e. The van der Waals surface area contributed by atoms with E-state index in [1.807, 2.05) is 44.2 Å². The number of amides is 3. The number of carbonyl (C=O) groups is 4. The number of hydroxylamine groups is 2. The highest BCUT2D eigenvalue weighted by Crippen LogP contribution is 2.22. The fourth-order valence-corrected chi connectivity index (χ4v) is 4.54. The molecular weight excluding hydrogens is 502 g/mol. The zero-order valence-electron chi connectivity index (χ0n) is 22.9. The van der Waals surface area contributed by atoms with Gasteiger partial charge in [-0.3, -0.25) is 24.0 Å². The largest absolute Gasteiger partial charge is 0.497 e. The topological polar surface area (TPSA) is 106 Å². The molecule has 3 rings (SSSR count). The lowest BCUT2D eigenvalue weighted by Crippen LogP contribution is -2.63. The van der Waals surface area contributed by atoms with Crippen LogP contribution < -0.4 is 4.74 Å². The van der Waals surface area contributed by atoms with Crippen molar-refractivity contribution in [1.29, 1.82) is 0 Å². The molecular formula is C29H37N3O7. The molecule has 0 unspecified atom stereocenters. The van der Waals surface area contributed by atoms with E-state index in [1.165, 1.54) is 12.0 Å². The number of esters is 1. The first kappa shape index (κ1) is 29.6. The molecule has 0 N–H and O–H groups in total. The summed E-state index contributed by atoms with van der Waals surface area (Å²) in [6, 6.07) is 14.3. The first-order chi connectivity index (χ1) is 18.8. The quantitative estimate of drug-likeness (QED) is 0.219. The van der Waals surface area contributed by atoms with Gasteiger partial charge in [-0.2, -0.15) is 0 Å². The molecule has 2 atom stereocenters. The van der Waals surface area contributed by atoms with Crippen LogP contribution in [0.3, 0.4) is 0 Å². The normalized spacial score (nSPS) is 16.1. The molecule has 3 amide bonds. The molecule has 0 aromatic heterocycles. The number of rotatable bonds is 13. The Balaban J connectivity index is 1.91. The Morgan fingerprint density at radius 3 is 2.31 bits per heavy atom. The summed E-state index contributed by atoms with van der Waals surface area (Å²) in [7, 11) is 2.80. The third-order valence-corrected chi connectivity index (χ3v) is 6.55. The van der Waals surface area contributed by atoms with Gasteiger partial charge in [0, 0.05) is 26.1 Å². The Morgan fingerprint density at radius 2 is 1.72 bits per heavy atom. The zero-order valence-corrected chi connectivity index (χ0v) is 22.9. The van der Waals surface area contributed by atoms with Crippen LogP contribution in [0.5, 0.6) is 5.75 Å². The minimum Gasteiger partial charge on any atom is -0.497 e. The maximum Gasteiger partial charge on any atom is 0.308 e. The van der Waals surface area contributed by atoms with Crippen LogP contribution >= 0.6 is 0 Å². The number of ether oxygens (including phenoxy) is 2. The average molecular weight is 540 g/mol. The highest BCUT2D eigenvalue weighted by atomic mass is 16.7. The van der Waals surface area contributed by atoms with E-state index in [-0.39, 0.29) is 37.8 Å². The summed E-state index contributed by atoms with van der Waals surface area (Å²) in [6.07, 6.45) is 0.319. The molecule has 0 saturated carbocycles. The second-order valence-electron chi connectivity index (χ2n) is 9.80. The zero-order chi connectivity index (χ0) is 28.4. The molecule has 1 aliphatic heterocycles. The lowest BCUT2D eigenvalue weighted by molar-refractivity contribution is -0.200. The second kappa shape index (κ2) is 14.3. The number of piperazine rings is 1. The summed E-state index contributed by atoms with van der Waals surface area (Å²) in [5, 5.41) is 1.000. The van der Waals surface area contributed by atoms with Crippen molar-refractivity contribution in [2.45, 2.75) is 45.4 Å². The van der Waals surface area contributed by atoms with Crippen LogP contribution in [-0.2, 0) is 41.8 Å². The molecule has 10 nitrogen and oxygen atoms in total. The summed E-state index contributed by atoms with van der Waals surface area (Å²) in [6.45, 7) is 5.10. The van der Waals surface area contributed by atoms with Crippen molar-refractivity contribution in [3.05, 3.63) is 65.7 Å². The SMILES string of the molecule is COC(=O)C[C@H]1C(=O)N(CC(C)C)CCN1C(=O)[C@H](Cc1ccc(OC)cc1)N(C=O)OCc1ccccc1. The third-order valence-electron chi connectivity index (χ3n) is 6.55. The Labute approximate surface area is 229 Å². The van der Waals surface area contributed by atoms with Crippen molar-refractivity contribution in [2.24, 2.45) is 5.92 Å². The first-order valence-electron chi connectivity index (χ1n) is 13.0. The van der Waals surface area contributed by atoms with Crippen LogP contribution in [0.25, 0.3) is 0 Å². The van der Waals surface area contributed by atoms with Crippen molar-refractivity contribution in [1.82, 2.24) is 14.9 Å². The molecule has 2 aromatic rings. The third kappa shape index (κ3) is 8.03. The van der Waals surface area contributed by atoms with E-state index < -0.39 is 24.0 Å². The van der Waals surface area contributed by atoms with Gasteiger partial charge in [-0.1, -0.05) is 56.3 Å². The number of hydrogen-bond donors (Lipinski definition) is 0. The monoisotopic (exact) mass is 539 g/mol. The van der Waals surface area contributed by atoms with Crippen molar-refractivity contribution in [3.63, 3.8) is 0 Å². The average Bonchev–Trinajstić information content (AvgIpc) is 2.95. The van der Waals surface area contributed by atoms with Gasteiger partial charge in [-0.25, -0.2) is 5.06 Å². The Kier molecular flexibility index (Phi) is 10.9. The number of methoxy groups -OCH3 is 2. The highest BCUT2D eigenvalue weighted by Gasteiger charge is 2.42. The molecule has 1 heterocycles. The number of hydrogen-bond acceptors (Lipinski definition) is 7. The predicted molar refractivity (Wildman–Crippen MR) is 143 cm³/mol. The molecule has 0 aliphatic carbocycles. The van der Waals surface area contributed by atoms with Gasteiger partial charge in [0.05, 0.1) is 20.6 Å². The Morgan fingerprint density at radius 1 is 1.03 bits per heavy atom. The van der Waals surface area contributed by atoms with Gasteiger partial charge in [0.15, 0.2) is 0 Å². The van der Waals surface area contributed by atoms with Gasteiger partial charge < -0.3 is 19.3 Å². The van der Waals surface area contributed by atoms with Gasteiger partial charge >= 0.3 is 5.97 Å². The standard InChI is InChI=1S/C29H37N3O7/c1-21(2)18-30-14-15-31(25(28(30)35)17-27(34)38-4)29(36)26(16-22-10-12-24(37-3)13-11-22)32(20-33)39-19-23-8-6-5-7-9-23/h5-13,20-21,25-26H,14-19H2,1-4H3/t25-,26-/m0/s1. The lowest BCUT2D eigenvalue weighted by atomic mass is 10.0. The Hall–Kier alpha value is -3.92. The number of benzene rings is 2. The summed E-state index contributed by atoms with van der Waals surface area (Å²) < 4.78 is 10.1. The van der Waals surface area contributed by atoms with E-state index in [2.05, 4.69) is 0 Å². The summed E-state index contributed by atoms with van der Waals surface area (Å²) in [5.74, 6) is -0.539. The lowest BCUT2D eigenvalue weighted by Gasteiger charge is -2.42. The second-order valence-corrected chi connectivity index (χ2v) is 9.80. The molecule has 39 heavy (non-hydrogen) atoms. The Bertz CT molecular complexity index is 1110. The number of nitrogens with zero attached hydrogens (tertiary/aromatic N) is 3. The first-order valence-corrected chi connectivity index (χ1v) is 13.0. The van der Waals surface area contributed by atoms with Gasteiger partial charge in [0.25, 0.3) is 0 Å². The van der Waals surface area contributed by atoms with Gasteiger partial charge in [-0.15, -0.1) is 0 Å². The highest BCUT2D eigenvalue weighted by molar-refractivity contribution is 5.94. The van der Waals surface area contributed by atoms with Crippen molar-refractivity contribution >= 4 is 24.2 Å². The predicted octanol–water partition coefficient (Wildman–Crippen LogP) is 2.46. The van der Waals surface area contributed by atoms with Gasteiger partial charge in [0.2, 0.25) is 18.2 Å². The summed E-state index contributed by atoms with van der Waals surface area (Å²) in [5.41, 5.74) is 1.58. The van der Waals surface area contributed by atoms with Gasteiger partial charge in [0.1, 0.15) is 24.4 Å². The minimum atomic E-state index is -1.08.